The normalized spacial score (nSPS) is 10.1. The summed E-state index contributed by atoms with van der Waals surface area (Å²) in [5, 5.41) is 8.84. The zero-order valence-electron chi connectivity index (χ0n) is 9.60. The molecule has 92 valence electrons. The Hall–Kier alpha value is -2.14. The molecule has 0 spiro atoms. The molecular weight excluding hydrogens is 250 g/mol. The number of halogens is 1. The van der Waals surface area contributed by atoms with Crippen LogP contribution in [0.3, 0.4) is 0 Å². The van der Waals surface area contributed by atoms with Crippen molar-refractivity contribution in [2.45, 2.75) is 6.54 Å². The van der Waals surface area contributed by atoms with Gasteiger partial charge in [0.2, 0.25) is 5.28 Å². The van der Waals surface area contributed by atoms with E-state index in [1.807, 2.05) is 18.2 Å². The quantitative estimate of drug-likeness (QED) is 0.425. The lowest BCUT2D eigenvalue weighted by Crippen LogP contribution is -2.30. The SMILES string of the molecule is Nc1ccc(CNc2ccnc(Cl)n2)cc1C=[NH2+]. The smallest absolute Gasteiger partial charge is 0.224 e. The van der Waals surface area contributed by atoms with Gasteiger partial charge in [0.05, 0.1) is 5.56 Å². The zero-order valence-corrected chi connectivity index (χ0v) is 10.4. The van der Waals surface area contributed by atoms with Crippen molar-refractivity contribution in [2.75, 3.05) is 11.1 Å². The Kier molecular flexibility index (Phi) is 3.74. The molecule has 0 aliphatic rings. The first kappa shape index (κ1) is 12.3. The summed E-state index contributed by atoms with van der Waals surface area (Å²) in [5.41, 5.74) is 8.28. The first-order chi connectivity index (χ1) is 8.69. The summed E-state index contributed by atoms with van der Waals surface area (Å²) in [6.07, 6.45) is 3.08. The van der Waals surface area contributed by atoms with Crippen molar-refractivity contribution in [3.63, 3.8) is 0 Å². The van der Waals surface area contributed by atoms with Gasteiger partial charge in [0.1, 0.15) is 5.82 Å². The number of hydrogen-bond acceptors (Lipinski definition) is 4. The summed E-state index contributed by atoms with van der Waals surface area (Å²) >= 11 is 5.69. The highest BCUT2D eigenvalue weighted by atomic mass is 35.5. The number of nitrogens with two attached hydrogens (primary N) is 2. The summed E-state index contributed by atoms with van der Waals surface area (Å²) < 4.78 is 0. The van der Waals surface area contributed by atoms with E-state index < -0.39 is 0 Å². The molecule has 0 bridgehead atoms. The minimum atomic E-state index is 0.216. The molecule has 0 aliphatic carbocycles. The molecule has 1 heterocycles. The maximum Gasteiger partial charge on any atom is 0.224 e. The van der Waals surface area contributed by atoms with Crippen molar-refractivity contribution in [3.8, 4) is 0 Å². The van der Waals surface area contributed by atoms with Crippen LogP contribution in [-0.4, -0.2) is 16.2 Å². The van der Waals surface area contributed by atoms with Gasteiger partial charge < -0.3 is 11.1 Å². The van der Waals surface area contributed by atoms with Gasteiger partial charge in [-0.25, -0.2) is 9.97 Å². The van der Waals surface area contributed by atoms with Crippen LogP contribution in [0.2, 0.25) is 5.28 Å². The van der Waals surface area contributed by atoms with Crippen molar-refractivity contribution >= 4 is 29.3 Å². The van der Waals surface area contributed by atoms with E-state index in [4.69, 9.17) is 22.7 Å². The van der Waals surface area contributed by atoms with E-state index in [9.17, 15) is 0 Å². The molecule has 1 aromatic carbocycles. The van der Waals surface area contributed by atoms with Crippen LogP contribution in [0.15, 0.2) is 30.5 Å². The molecule has 0 fully saturated rings. The predicted molar refractivity (Wildman–Crippen MR) is 72.3 cm³/mol. The largest absolute Gasteiger partial charge is 0.398 e. The van der Waals surface area contributed by atoms with Crippen LogP contribution in [0.5, 0.6) is 0 Å². The van der Waals surface area contributed by atoms with E-state index in [1.165, 1.54) is 6.21 Å². The second-order valence-electron chi connectivity index (χ2n) is 3.69. The van der Waals surface area contributed by atoms with Gasteiger partial charge in [-0.05, 0) is 35.4 Å². The fraction of sp³-hybridized carbons (Fsp3) is 0.0833. The van der Waals surface area contributed by atoms with E-state index in [0.717, 1.165) is 11.1 Å². The Morgan fingerprint density at radius 3 is 2.94 bits per heavy atom. The Bertz CT molecular complexity index is 570. The summed E-state index contributed by atoms with van der Waals surface area (Å²) in [5.74, 6) is 0.671. The van der Waals surface area contributed by atoms with Crippen LogP contribution in [0, 0.1) is 0 Å². The van der Waals surface area contributed by atoms with Gasteiger partial charge >= 0.3 is 0 Å². The third-order valence-electron chi connectivity index (χ3n) is 2.43. The number of benzene rings is 1. The Morgan fingerprint density at radius 2 is 2.22 bits per heavy atom. The molecule has 0 saturated carbocycles. The van der Waals surface area contributed by atoms with Crippen molar-refractivity contribution in [1.29, 1.82) is 0 Å². The summed E-state index contributed by atoms with van der Waals surface area (Å²) in [6, 6.07) is 7.42. The van der Waals surface area contributed by atoms with Crippen molar-refractivity contribution in [1.82, 2.24) is 9.97 Å². The van der Waals surface area contributed by atoms with Crippen LogP contribution >= 0.6 is 11.6 Å². The monoisotopic (exact) mass is 262 g/mol. The first-order valence-electron chi connectivity index (χ1n) is 5.35. The number of nitrogens with one attached hydrogen (secondary N) is 1. The molecule has 0 radical (unpaired) electrons. The molecule has 5 nitrogen and oxygen atoms in total. The molecule has 2 aromatic rings. The number of hydrogen-bond donors (Lipinski definition) is 3. The standard InChI is InChI=1S/C12H12ClN5/c13-12-16-4-3-11(18-12)17-7-8-1-2-10(15)9(5-8)6-14/h1-6,14H,7,15H2,(H,16,17,18)/p+1. The van der Waals surface area contributed by atoms with Crippen molar-refractivity contribution < 1.29 is 5.41 Å². The molecular formula is C12H13ClN5+. The van der Waals surface area contributed by atoms with E-state index in [2.05, 4.69) is 15.3 Å². The third kappa shape index (κ3) is 2.95. The van der Waals surface area contributed by atoms with E-state index in [1.54, 1.807) is 12.3 Å². The van der Waals surface area contributed by atoms with Crippen molar-refractivity contribution in [2.24, 2.45) is 0 Å². The minimum absolute atomic E-state index is 0.216. The first-order valence-corrected chi connectivity index (χ1v) is 5.72. The lowest BCUT2D eigenvalue weighted by atomic mass is 10.1. The van der Waals surface area contributed by atoms with Crippen LogP contribution in [-0.2, 0) is 6.54 Å². The minimum Gasteiger partial charge on any atom is -0.398 e. The summed E-state index contributed by atoms with van der Waals surface area (Å²) in [6.45, 7) is 0.606. The van der Waals surface area contributed by atoms with Gasteiger partial charge in [0.25, 0.3) is 0 Å². The highest BCUT2D eigenvalue weighted by molar-refractivity contribution is 6.28. The van der Waals surface area contributed by atoms with Gasteiger partial charge in [-0.15, -0.1) is 0 Å². The molecule has 0 unspecified atom stereocenters. The van der Waals surface area contributed by atoms with Gasteiger partial charge in [0, 0.05) is 18.4 Å². The van der Waals surface area contributed by atoms with E-state index in [-0.39, 0.29) is 5.28 Å². The Morgan fingerprint density at radius 1 is 1.39 bits per heavy atom. The molecule has 18 heavy (non-hydrogen) atoms. The van der Waals surface area contributed by atoms with Gasteiger partial charge in [-0.2, -0.15) is 0 Å². The Balaban J connectivity index is 2.08. The highest BCUT2D eigenvalue weighted by Crippen LogP contribution is 2.13. The highest BCUT2D eigenvalue weighted by Gasteiger charge is 2.01. The average Bonchev–Trinajstić information content (AvgIpc) is 2.38. The Labute approximate surface area is 110 Å². The second-order valence-corrected chi connectivity index (χ2v) is 4.03. The summed E-state index contributed by atoms with van der Waals surface area (Å²) in [4.78, 5) is 7.84. The fourth-order valence-electron chi connectivity index (χ4n) is 1.50. The maximum absolute atomic E-state index is 5.76. The number of nitrogens with zero attached hydrogens (tertiary/aromatic N) is 2. The van der Waals surface area contributed by atoms with Gasteiger partial charge in [-0.1, -0.05) is 6.07 Å². The van der Waals surface area contributed by atoms with Crippen LogP contribution in [0.4, 0.5) is 11.5 Å². The molecule has 5 N–H and O–H groups in total. The lowest BCUT2D eigenvalue weighted by molar-refractivity contribution is -0.104. The maximum atomic E-state index is 5.76. The third-order valence-corrected chi connectivity index (χ3v) is 2.61. The number of rotatable bonds is 4. The molecule has 0 atom stereocenters. The number of anilines is 2. The number of aromatic nitrogens is 2. The second kappa shape index (κ2) is 5.46. The summed E-state index contributed by atoms with van der Waals surface area (Å²) in [7, 11) is 0. The molecule has 6 heteroatoms. The topological polar surface area (TPSA) is 89.4 Å². The zero-order chi connectivity index (χ0) is 13.0. The fourth-order valence-corrected chi connectivity index (χ4v) is 1.65. The van der Waals surface area contributed by atoms with E-state index in [0.29, 0.717) is 18.1 Å². The molecule has 1 aromatic heterocycles. The molecule has 0 saturated heterocycles. The predicted octanol–water partition coefficient (Wildman–Crippen LogP) is 0.502. The molecule has 0 amide bonds. The van der Waals surface area contributed by atoms with E-state index >= 15 is 0 Å². The average molecular weight is 263 g/mol. The molecule has 2 rings (SSSR count). The van der Waals surface area contributed by atoms with Crippen molar-refractivity contribution in [3.05, 3.63) is 46.9 Å². The van der Waals surface area contributed by atoms with Crippen LogP contribution < -0.4 is 16.5 Å². The van der Waals surface area contributed by atoms with Gasteiger partial charge in [0.15, 0.2) is 6.21 Å². The van der Waals surface area contributed by atoms with Crippen LogP contribution in [0.1, 0.15) is 11.1 Å². The number of nitrogen functional groups attached to an aromatic ring is 1. The van der Waals surface area contributed by atoms with Crippen LogP contribution in [0.25, 0.3) is 0 Å². The lowest BCUT2D eigenvalue weighted by Gasteiger charge is -2.07. The van der Waals surface area contributed by atoms with Gasteiger partial charge in [-0.3, -0.25) is 5.41 Å². The molecule has 0 aliphatic heterocycles.